The zero-order valence-electron chi connectivity index (χ0n) is 11.9. The average Bonchev–Trinajstić information content (AvgIpc) is 2.86. The smallest absolute Gasteiger partial charge is 0.123 e. The summed E-state index contributed by atoms with van der Waals surface area (Å²) in [5.74, 6) is 0.940. The summed E-state index contributed by atoms with van der Waals surface area (Å²) >= 11 is 5.85. The number of ether oxygens (including phenoxy) is 1. The molecule has 2 rings (SSSR count). The summed E-state index contributed by atoms with van der Waals surface area (Å²) in [6.45, 7) is 6.07. The molecule has 1 aromatic heterocycles. The highest BCUT2D eigenvalue weighted by Gasteiger charge is 2.07. The second kappa shape index (κ2) is 7.48. The van der Waals surface area contributed by atoms with Crippen molar-refractivity contribution in [1.82, 2.24) is 5.32 Å². The molecule has 0 aliphatic carbocycles. The lowest BCUT2D eigenvalue weighted by Gasteiger charge is -2.08. The minimum Gasteiger partial charge on any atom is -0.468 e. The summed E-state index contributed by atoms with van der Waals surface area (Å²) in [5, 5.41) is 4.08. The zero-order chi connectivity index (χ0) is 14.4. The molecular formula is C16H20ClNO2. The molecule has 1 heterocycles. The topological polar surface area (TPSA) is 34.4 Å². The van der Waals surface area contributed by atoms with Gasteiger partial charge in [-0.3, -0.25) is 0 Å². The lowest BCUT2D eigenvalue weighted by atomic mass is 10.2. The van der Waals surface area contributed by atoms with E-state index >= 15 is 0 Å². The Morgan fingerprint density at radius 1 is 1.15 bits per heavy atom. The maximum Gasteiger partial charge on any atom is 0.123 e. The van der Waals surface area contributed by atoms with Crippen molar-refractivity contribution in [2.45, 2.75) is 39.6 Å². The predicted octanol–water partition coefficient (Wildman–Crippen LogP) is 4.15. The first kappa shape index (κ1) is 15.1. The van der Waals surface area contributed by atoms with Gasteiger partial charge >= 0.3 is 0 Å². The van der Waals surface area contributed by atoms with Crippen LogP contribution in [-0.4, -0.2) is 6.04 Å². The summed E-state index contributed by atoms with van der Waals surface area (Å²) in [6, 6.07) is 10.1. The van der Waals surface area contributed by atoms with Gasteiger partial charge in [0.25, 0.3) is 0 Å². The lowest BCUT2D eigenvalue weighted by Crippen LogP contribution is -2.22. The molecular weight excluding hydrogens is 274 g/mol. The standard InChI is InChI=1S/C16H20ClNO2/c1-12(2)18-9-16-14(7-8-20-16)11-19-10-13-3-5-15(17)6-4-13/h3-8,12,18H,9-11H2,1-2H3. The quantitative estimate of drug-likeness (QED) is 0.833. The highest BCUT2D eigenvalue weighted by Crippen LogP contribution is 2.14. The van der Waals surface area contributed by atoms with Crippen molar-refractivity contribution in [3.8, 4) is 0 Å². The van der Waals surface area contributed by atoms with E-state index in [0.717, 1.165) is 28.5 Å². The molecule has 4 heteroatoms. The van der Waals surface area contributed by atoms with Crippen LogP contribution in [-0.2, 0) is 24.5 Å². The first-order valence-corrected chi connectivity index (χ1v) is 7.14. The van der Waals surface area contributed by atoms with E-state index in [0.29, 0.717) is 19.3 Å². The monoisotopic (exact) mass is 293 g/mol. The molecule has 0 spiro atoms. The van der Waals surface area contributed by atoms with Gasteiger partial charge in [0.2, 0.25) is 0 Å². The Morgan fingerprint density at radius 2 is 1.90 bits per heavy atom. The van der Waals surface area contributed by atoms with Gasteiger partial charge in [0, 0.05) is 16.6 Å². The molecule has 0 radical (unpaired) electrons. The van der Waals surface area contributed by atoms with E-state index < -0.39 is 0 Å². The van der Waals surface area contributed by atoms with E-state index in [1.54, 1.807) is 6.26 Å². The third-order valence-corrected chi connectivity index (χ3v) is 3.20. The van der Waals surface area contributed by atoms with Gasteiger partial charge in [-0.25, -0.2) is 0 Å². The molecule has 0 saturated heterocycles. The Hall–Kier alpha value is -1.29. The third-order valence-electron chi connectivity index (χ3n) is 2.95. The van der Waals surface area contributed by atoms with E-state index in [4.69, 9.17) is 20.8 Å². The molecule has 0 atom stereocenters. The van der Waals surface area contributed by atoms with Gasteiger partial charge in [-0.2, -0.15) is 0 Å². The number of nitrogens with one attached hydrogen (secondary N) is 1. The van der Waals surface area contributed by atoms with Crippen LogP contribution >= 0.6 is 11.6 Å². The molecule has 108 valence electrons. The van der Waals surface area contributed by atoms with Crippen LogP contribution in [0.1, 0.15) is 30.7 Å². The van der Waals surface area contributed by atoms with Crippen LogP contribution in [0.2, 0.25) is 5.02 Å². The number of benzene rings is 1. The molecule has 0 bridgehead atoms. The molecule has 0 aliphatic heterocycles. The second-order valence-corrected chi connectivity index (χ2v) is 5.46. The van der Waals surface area contributed by atoms with Crippen LogP contribution < -0.4 is 5.32 Å². The first-order chi connectivity index (χ1) is 9.65. The van der Waals surface area contributed by atoms with Gasteiger partial charge in [-0.05, 0) is 23.8 Å². The molecule has 20 heavy (non-hydrogen) atoms. The SMILES string of the molecule is CC(C)NCc1occc1COCc1ccc(Cl)cc1. The Balaban J connectivity index is 1.82. The minimum absolute atomic E-state index is 0.433. The Labute approximate surface area is 124 Å². The minimum atomic E-state index is 0.433. The zero-order valence-corrected chi connectivity index (χ0v) is 12.6. The van der Waals surface area contributed by atoms with Gasteiger partial charge in [0.15, 0.2) is 0 Å². The molecule has 0 unspecified atom stereocenters. The van der Waals surface area contributed by atoms with Crippen molar-refractivity contribution in [1.29, 1.82) is 0 Å². The largest absolute Gasteiger partial charge is 0.468 e. The number of hydrogen-bond donors (Lipinski definition) is 1. The van der Waals surface area contributed by atoms with Crippen molar-refractivity contribution in [3.63, 3.8) is 0 Å². The van der Waals surface area contributed by atoms with Gasteiger partial charge in [-0.1, -0.05) is 37.6 Å². The molecule has 0 aliphatic rings. The van der Waals surface area contributed by atoms with Crippen molar-refractivity contribution in [3.05, 3.63) is 58.5 Å². The Bertz CT molecular complexity index is 520. The fourth-order valence-corrected chi connectivity index (χ4v) is 1.93. The Morgan fingerprint density at radius 3 is 2.60 bits per heavy atom. The fourth-order valence-electron chi connectivity index (χ4n) is 1.81. The number of rotatable bonds is 7. The van der Waals surface area contributed by atoms with E-state index in [1.807, 2.05) is 30.3 Å². The molecule has 3 nitrogen and oxygen atoms in total. The third kappa shape index (κ3) is 4.67. The van der Waals surface area contributed by atoms with Crippen molar-refractivity contribution in [2.24, 2.45) is 0 Å². The number of furan rings is 1. The summed E-state index contributed by atoms with van der Waals surface area (Å²) in [7, 11) is 0. The van der Waals surface area contributed by atoms with Crippen molar-refractivity contribution >= 4 is 11.6 Å². The van der Waals surface area contributed by atoms with Crippen molar-refractivity contribution in [2.75, 3.05) is 0 Å². The van der Waals surface area contributed by atoms with Gasteiger partial charge in [0.05, 0.1) is 26.0 Å². The number of hydrogen-bond acceptors (Lipinski definition) is 3. The summed E-state index contributed by atoms with van der Waals surface area (Å²) in [6.07, 6.45) is 1.71. The molecule has 0 amide bonds. The lowest BCUT2D eigenvalue weighted by molar-refractivity contribution is 0.106. The molecule has 0 saturated carbocycles. The maximum absolute atomic E-state index is 5.85. The average molecular weight is 294 g/mol. The van der Waals surface area contributed by atoms with Crippen LogP contribution in [0.25, 0.3) is 0 Å². The van der Waals surface area contributed by atoms with Gasteiger partial charge < -0.3 is 14.5 Å². The highest BCUT2D eigenvalue weighted by atomic mass is 35.5. The van der Waals surface area contributed by atoms with E-state index in [1.165, 1.54) is 0 Å². The van der Waals surface area contributed by atoms with Crippen molar-refractivity contribution < 1.29 is 9.15 Å². The molecule has 2 aromatic rings. The maximum atomic E-state index is 5.85. The van der Waals surface area contributed by atoms with E-state index in [9.17, 15) is 0 Å². The summed E-state index contributed by atoms with van der Waals surface area (Å²) in [4.78, 5) is 0. The van der Waals surface area contributed by atoms with Crippen LogP contribution in [0.5, 0.6) is 0 Å². The van der Waals surface area contributed by atoms with E-state index in [2.05, 4.69) is 19.2 Å². The second-order valence-electron chi connectivity index (χ2n) is 5.02. The summed E-state index contributed by atoms with van der Waals surface area (Å²) < 4.78 is 11.2. The molecule has 1 N–H and O–H groups in total. The molecule has 1 aromatic carbocycles. The van der Waals surface area contributed by atoms with Crippen LogP contribution in [0.3, 0.4) is 0 Å². The van der Waals surface area contributed by atoms with Gasteiger partial charge in [0.1, 0.15) is 5.76 Å². The van der Waals surface area contributed by atoms with Gasteiger partial charge in [-0.15, -0.1) is 0 Å². The predicted molar refractivity (Wildman–Crippen MR) is 80.6 cm³/mol. The molecule has 0 fully saturated rings. The van der Waals surface area contributed by atoms with Crippen LogP contribution in [0.15, 0.2) is 41.0 Å². The van der Waals surface area contributed by atoms with Crippen LogP contribution in [0.4, 0.5) is 0 Å². The number of halogens is 1. The Kier molecular flexibility index (Phi) is 5.65. The summed E-state index contributed by atoms with van der Waals surface area (Å²) in [5.41, 5.74) is 2.20. The van der Waals surface area contributed by atoms with Crippen LogP contribution in [0, 0.1) is 0 Å². The highest BCUT2D eigenvalue weighted by molar-refractivity contribution is 6.30. The fraction of sp³-hybridized carbons (Fsp3) is 0.375. The normalized spacial score (nSPS) is 11.2. The first-order valence-electron chi connectivity index (χ1n) is 6.76. The van der Waals surface area contributed by atoms with E-state index in [-0.39, 0.29) is 0 Å².